The molecule has 7 nitrogen and oxygen atoms in total. The van der Waals surface area contributed by atoms with Crippen LogP contribution in [0, 0.1) is 22.9 Å². The Bertz CT molecular complexity index is 1390. The fourth-order valence-corrected chi connectivity index (χ4v) is 4.23. The summed E-state index contributed by atoms with van der Waals surface area (Å²) in [5.74, 6) is -0.175. The zero-order valence-corrected chi connectivity index (χ0v) is 19.4. The molecule has 172 valence electrons. The first kappa shape index (κ1) is 23.3. The van der Waals surface area contributed by atoms with E-state index in [1.165, 1.54) is 30.0 Å². The van der Waals surface area contributed by atoms with Crippen molar-refractivity contribution in [3.63, 3.8) is 0 Å². The third kappa shape index (κ3) is 5.20. The summed E-state index contributed by atoms with van der Waals surface area (Å²) in [6.07, 6.45) is 0.840. The second-order valence-corrected chi connectivity index (χ2v) is 8.62. The third-order valence-corrected chi connectivity index (χ3v) is 6.26. The average molecular weight is 477 g/mol. The minimum absolute atomic E-state index is 0.0486. The number of aromatic nitrogens is 2. The van der Waals surface area contributed by atoms with Gasteiger partial charge >= 0.3 is 0 Å². The average Bonchev–Trinajstić information content (AvgIpc) is 2.83. The molecule has 1 aromatic heterocycles. The van der Waals surface area contributed by atoms with Gasteiger partial charge in [0.15, 0.2) is 5.82 Å². The number of carbonyl (C=O) groups is 1. The summed E-state index contributed by atoms with van der Waals surface area (Å²) >= 11 is 1.25. The van der Waals surface area contributed by atoms with Crippen molar-refractivity contribution in [2.24, 2.45) is 0 Å². The Labute approximate surface area is 199 Å². The number of halogens is 1. The number of anilines is 1. The molecular formula is C25H21FN4O3S. The van der Waals surface area contributed by atoms with Crippen molar-refractivity contribution in [3.05, 3.63) is 87.7 Å². The van der Waals surface area contributed by atoms with E-state index >= 15 is 0 Å². The summed E-state index contributed by atoms with van der Waals surface area (Å²) in [5.41, 5.74) is 3.33. The van der Waals surface area contributed by atoms with Crippen LogP contribution in [0.4, 0.5) is 15.8 Å². The van der Waals surface area contributed by atoms with E-state index in [1.54, 1.807) is 31.2 Å². The number of rotatable bonds is 7. The van der Waals surface area contributed by atoms with Crippen LogP contribution in [0.5, 0.6) is 0 Å². The number of fused-ring (bicyclic) bond motifs is 1. The van der Waals surface area contributed by atoms with E-state index in [2.05, 4.69) is 22.2 Å². The number of hydrogen-bond donors (Lipinski definition) is 1. The van der Waals surface area contributed by atoms with Gasteiger partial charge in [0.1, 0.15) is 10.8 Å². The molecule has 34 heavy (non-hydrogen) atoms. The van der Waals surface area contributed by atoms with E-state index in [-0.39, 0.29) is 23.2 Å². The summed E-state index contributed by atoms with van der Waals surface area (Å²) in [5, 5.41) is 15.3. The molecule has 1 heterocycles. The Balaban J connectivity index is 1.61. The number of carbonyl (C=O) groups excluding carboxylic acids is 1. The topological polar surface area (TPSA) is 98.0 Å². The first-order valence-corrected chi connectivity index (χ1v) is 11.6. The largest absolute Gasteiger partial charge is 0.325 e. The van der Waals surface area contributed by atoms with Gasteiger partial charge in [0.05, 0.1) is 16.2 Å². The van der Waals surface area contributed by atoms with E-state index < -0.39 is 4.92 Å². The summed E-state index contributed by atoms with van der Waals surface area (Å²) in [6.45, 7) is 3.69. The molecule has 1 N–H and O–H groups in total. The normalized spacial score (nSPS) is 10.9. The van der Waals surface area contributed by atoms with E-state index in [9.17, 15) is 19.3 Å². The summed E-state index contributed by atoms with van der Waals surface area (Å²) in [7, 11) is 0. The zero-order valence-electron chi connectivity index (χ0n) is 18.5. The minimum Gasteiger partial charge on any atom is -0.325 e. The summed E-state index contributed by atoms with van der Waals surface area (Å²) < 4.78 is 13.4. The van der Waals surface area contributed by atoms with Crippen molar-refractivity contribution in [3.8, 4) is 11.4 Å². The molecule has 0 aliphatic carbocycles. The van der Waals surface area contributed by atoms with Gasteiger partial charge in [-0.05, 0) is 61.4 Å². The molecule has 0 bridgehead atoms. The van der Waals surface area contributed by atoms with Crippen LogP contribution >= 0.6 is 11.8 Å². The number of thioether (sulfide) groups is 1. The maximum atomic E-state index is 13.4. The highest BCUT2D eigenvalue weighted by Gasteiger charge is 2.15. The van der Waals surface area contributed by atoms with E-state index in [0.29, 0.717) is 27.7 Å². The number of nitrogens with zero attached hydrogens (tertiary/aromatic N) is 3. The van der Waals surface area contributed by atoms with Gasteiger partial charge in [-0.3, -0.25) is 14.9 Å². The van der Waals surface area contributed by atoms with Crippen LogP contribution in [0.25, 0.3) is 22.3 Å². The maximum absolute atomic E-state index is 13.4. The molecule has 1 amide bonds. The van der Waals surface area contributed by atoms with Crippen molar-refractivity contribution in [2.45, 2.75) is 25.3 Å². The highest BCUT2D eigenvalue weighted by atomic mass is 32.2. The van der Waals surface area contributed by atoms with Gasteiger partial charge in [0.2, 0.25) is 5.91 Å². The number of hydrogen-bond acceptors (Lipinski definition) is 6. The fraction of sp³-hybridized carbons (Fsp3) is 0.160. The van der Waals surface area contributed by atoms with Crippen LogP contribution in [0.1, 0.15) is 18.1 Å². The second kappa shape index (κ2) is 9.96. The van der Waals surface area contributed by atoms with Gasteiger partial charge in [0, 0.05) is 28.3 Å². The molecule has 4 rings (SSSR count). The van der Waals surface area contributed by atoms with Crippen LogP contribution in [-0.4, -0.2) is 26.6 Å². The first-order chi connectivity index (χ1) is 16.3. The van der Waals surface area contributed by atoms with E-state index in [1.807, 2.05) is 18.2 Å². The van der Waals surface area contributed by atoms with Crippen LogP contribution in [0.2, 0.25) is 0 Å². The van der Waals surface area contributed by atoms with Gasteiger partial charge in [-0.15, -0.1) is 0 Å². The van der Waals surface area contributed by atoms with Gasteiger partial charge in [0.25, 0.3) is 5.69 Å². The highest BCUT2D eigenvalue weighted by molar-refractivity contribution is 8.00. The van der Waals surface area contributed by atoms with Crippen LogP contribution in [0.15, 0.2) is 65.7 Å². The molecule has 4 aromatic rings. The molecule has 0 saturated heterocycles. The van der Waals surface area contributed by atoms with Crippen LogP contribution in [0.3, 0.4) is 0 Å². The lowest BCUT2D eigenvalue weighted by Crippen LogP contribution is -2.14. The van der Waals surface area contributed by atoms with Crippen LogP contribution < -0.4 is 5.32 Å². The molecule has 9 heteroatoms. The number of benzene rings is 3. The third-order valence-electron chi connectivity index (χ3n) is 5.27. The lowest BCUT2D eigenvalue weighted by atomic mass is 10.1. The van der Waals surface area contributed by atoms with Crippen molar-refractivity contribution in [2.75, 3.05) is 11.1 Å². The Morgan fingerprint density at radius 3 is 2.56 bits per heavy atom. The van der Waals surface area contributed by atoms with Gasteiger partial charge in [-0.1, -0.05) is 30.8 Å². The zero-order chi connectivity index (χ0) is 24.2. The lowest BCUT2D eigenvalue weighted by Gasteiger charge is -2.10. The summed E-state index contributed by atoms with van der Waals surface area (Å²) in [6, 6.07) is 16.4. The fourth-order valence-electron chi connectivity index (χ4n) is 3.42. The molecule has 0 radical (unpaired) electrons. The Hall–Kier alpha value is -3.85. The predicted octanol–water partition coefficient (Wildman–Crippen LogP) is 5.95. The Morgan fingerprint density at radius 1 is 1.09 bits per heavy atom. The number of amides is 1. The monoisotopic (exact) mass is 476 g/mol. The van der Waals surface area contributed by atoms with Crippen LogP contribution in [-0.2, 0) is 11.2 Å². The molecule has 0 atom stereocenters. The van der Waals surface area contributed by atoms with Crippen molar-refractivity contribution < 1.29 is 14.1 Å². The molecule has 0 unspecified atom stereocenters. The predicted molar refractivity (Wildman–Crippen MR) is 131 cm³/mol. The maximum Gasteiger partial charge on any atom is 0.274 e. The molecule has 0 aliphatic heterocycles. The Kier molecular flexibility index (Phi) is 6.83. The highest BCUT2D eigenvalue weighted by Crippen LogP contribution is 2.30. The van der Waals surface area contributed by atoms with E-state index in [0.717, 1.165) is 22.9 Å². The minimum atomic E-state index is -0.477. The van der Waals surface area contributed by atoms with Gasteiger partial charge < -0.3 is 5.32 Å². The molecule has 3 aromatic carbocycles. The quantitative estimate of drug-likeness (QED) is 0.153. The number of nitro groups is 1. The molecule has 0 saturated carbocycles. The number of nitro benzene ring substituents is 1. The second-order valence-electron chi connectivity index (χ2n) is 7.66. The Morgan fingerprint density at radius 2 is 1.85 bits per heavy atom. The van der Waals surface area contributed by atoms with Gasteiger partial charge in [-0.25, -0.2) is 14.4 Å². The van der Waals surface area contributed by atoms with Crippen molar-refractivity contribution in [1.29, 1.82) is 0 Å². The summed E-state index contributed by atoms with van der Waals surface area (Å²) in [4.78, 5) is 32.6. The lowest BCUT2D eigenvalue weighted by molar-refractivity contribution is -0.385. The standard InChI is InChI=1S/C25H21FN4O3S/c1-3-16-5-11-21-20(12-16)25(29-24(28-21)17-6-8-18(26)9-7-17)34-14-23(31)27-19-10-4-15(2)22(13-19)30(32)33/h4-13H,3,14H2,1-2H3,(H,27,31). The molecule has 0 aliphatic rings. The first-order valence-electron chi connectivity index (χ1n) is 10.6. The molecule has 0 fully saturated rings. The van der Waals surface area contributed by atoms with Gasteiger partial charge in [-0.2, -0.15) is 0 Å². The smallest absolute Gasteiger partial charge is 0.274 e. The molecule has 0 spiro atoms. The van der Waals surface area contributed by atoms with Crippen molar-refractivity contribution >= 4 is 39.9 Å². The molecular weight excluding hydrogens is 455 g/mol. The van der Waals surface area contributed by atoms with Crippen molar-refractivity contribution in [1.82, 2.24) is 9.97 Å². The number of nitrogens with one attached hydrogen (secondary N) is 1. The SMILES string of the molecule is CCc1ccc2nc(-c3ccc(F)cc3)nc(SCC(=O)Nc3ccc(C)c([N+](=O)[O-])c3)c2c1. The van der Waals surface area contributed by atoms with E-state index in [4.69, 9.17) is 0 Å². The number of aryl methyl sites for hydroxylation is 2.